The summed E-state index contributed by atoms with van der Waals surface area (Å²) in [5.41, 5.74) is 1.13. The molecule has 24 heavy (non-hydrogen) atoms. The minimum absolute atomic E-state index is 0.0761. The van der Waals surface area contributed by atoms with Crippen molar-refractivity contribution < 1.29 is 14.4 Å². The van der Waals surface area contributed by atoms with E-state index in [9.17, 15) is 14.4 Å². The van der Waals surface area contributed by atoms with E-state index in [1.807, 2.05) is 6.07 Å². The molecule has 1 heterocycles. The number of urea groups is 1. The van der Waals surface area contributed by atoms with Crippen molar-refractivity contribution in [2.75, 3.05) is 23.3 Å². The third-order valence-electron chi connectivity index (χ3n) is 3.53. The minimum atomic E-state index is -0.507. The van der Waals surface area contributed by atoms with Crippen molar-refractivity contribution in [3.63, 3.8) is 0 Å². The van der Waals surface area contributed by atoms with Crippen molar-refractivity contribution in [2.45, 2.75) is 0 Å². The molecular formula is C17H14ClN3O3. The molecule has 1 saturated heterocycles. The monoisotopic (exact) mass is 343 g/mol. The highest BCUT2D eigenvalue weighted by molar-refractivity contribution is 6.30. The van der Waals surface area contributed by atoms with Gasteiger partial charge in [-0.05, 0) is 30.3 Å². The number of nitrogens with zero attached hydrogens (tertiary/aromatic N) is 2. The number of rotatable bonds is 4. The fourth-order valence-corrected chi connectivity index (χ4v) is 2.61. The number of hydrogen-bond acceptors (Lipinski definition) is 3. The molecule has 2 aromatic rings. The van der Waals surface area contributed by atoms with Crippen molar-refractivity contribution in [3.8, 4) is 0 Å². The molecule has 0 radical (unpaired) electrons. The van der Waals surface area contributed by atoms with E-state index in [1.165, 1.54) is 4.90 Å². The predicted molar refractivity (Wildman–Crippen MR) is 91.0 cm³/mol. The van der Waals surface area contributed by atoms with Gasteiger partial charge < -0.3 is 5.32 Å². The van der Waals surface area contributed by atoms with Crippen LogP contribution in [0.4, 0.5) is 16.2 Å². The quantitative estimate of drug-likeness (QED) is 0.868. The van der Waals surface area contributed by atoms with Crippen LogP contribution in [0.1, 0.15) is 0 Å². The van der Waals surface area contributed by atoms with E-state index >= 15 is 0 Å². The van der Waals surface area contributed by atoms with Gasteiger partial charge in [-0.3, -0.25) is 19.4 Å². The minimum Gasteiger partial charge on any atom is -0.324 e. The van der Waals surface area contributed by atoms with Crippen LogP contribution in [0.3, 0.4) is 0 Å². The molecule has 0 saturated carbocycles. The Labute approximate surface area is 143 Å². The highest BCUT2D eigenvalue weighted by Crippen LogP contribution is 2.21. The number of amides is 4. The second kappa shape index (κ2) is 6.72. The van der Waals surface area contributed by atoms with Crippen LogP contribution in [0.2, 0.25) is 5.02 Å². The number of benzene rings is 2. The Morgan fingerprint density at radius 2 is 1.83 bits per heavy atom. The third-order valence-corrected chi connectivity index (χ3v) is 3.77. The van der Waals surface area contributed by atoms with E-state index in [0.29, 0.717) is 16.4 Å². The predicted octanol–water partition coefficient (Wildman–Crippen LogP) is 2.75. The van der Waals surface area contributed by atoms with Gasteiger partial charge in [0, 0.05) is 16.4 Å². The average Bonchev–Trinajstić information content (AvgIpc) is 2.84. The first-order chi connectivity index (χ1) is 11.5. The molecular weight excluding hydrogens is 330 g/mol. The van der Waals surface area contributed by atoms with Crippen LogP contribution in [0.25, 0.3) is 0 Å². The first-order valence-electron chi connectivity index (χ1n) is 7.27. The van der Waals surface area contributed by atoms with Crippen LogP contribution in [-0.4, -0.2) is 35.8 Å². The van der Waals surface area contributed by atoms with Gasteiger partial charge in [0.05, 0.1) is 0 Å². The van der Waals surface area contributed by atoms with Gasteiger partial charge in [0.15, 0.2) is 0 Å². The lowest BCUT2D eigenvalue weighted by Gasteiger charge is -2.16. The summed E-state index contributed by atoms with van der Waals surface area (Å²) >= 11 is 5.86. The van der Waals surface area contributed by atoms with Crippen molar-refractivity contribution in [1.29, 1.82) is 0 Å². The molecule has 0 bridgehead atoms. The van der Waals surface area contributed by atoms with Crippen molar-refractivity contribution in [2.24, 2.45) is 0 Å². The third kappa shape index (κ3) is 3.38. The summed E-state index contributed by atoms with van der Waals surface area (Å²) in [4.78, 5) is 38.8. The Hall–Kier alpha value is -2.86. The van der Waals surface area contributed by atoms with Gasteiger partial charge >= 0.3 is 6.03 Å². The van der Waals surface area contributed by atoms with E-state index in [4.69, 9.17) is 11.6 Å². The summed E-state index contributed by atoms with van der Waals surface area (Å²) in [6, 6.07) is 15.0. The fourth-order valence-electron chi connectivity index (χ4n) is 2.42. The Morgan fingerprint density at radius 1 is 1.08 bits per heavy atom. The van der Waals surface area contributed by atoms with Crippen molar-refractivity contribution >= 4 is 40.8 Å². The zero-order valence-electron chi connectivity index (χ0n) is 12.6. The molecule has 0 spiro atoms. The van der Waals surface area contributed by atoms with Gasteiger partial charge in [0.1, 0.15) is 13.1 Å². The van der Waals surface area contributed by atoms with Crippen molar-refractivity contribution in [1.82, 2.24) is 4.90 Å². The molecule has 122 valence electrons. The average molecular weight is 344 g/mol. The molecule has 1 aliphatic rings. The van der Waals surface area contributed by atoms with Crippen LogP contribution < -0.4 is 10.2 Å². The van der Waals surface area contributed by atoms with E-state index in [1.54, 1.807) is 48.5 Å². The van der Waals surface area contributed by atoms with Gasteiger partial charge in [0.2, 0.25) is 5.91 Å². The first kappa shape index (κ1) is 16.0. The molecule has 0 aliphatic carbocycles. The van der Waals surface area contributed by atoms with Gasteiger partial charge in [-0.25, -0.2) is 4.79 Å². The molecule has 4 amide bonds. The lowest BCUT2D eigenvalue weighted by Crippen LogP contribution is -2.39. The molecule has 0 atom stereocenters. The number of carbonyl (C=O) groups is 3. The maximum atomic E-state index is 12.4. The van der Waals surface area contributed by atoms with E-state index in [0.717, 1.165) is 4.90 Å². The van der Waals surface area contributed by atoms with Gasteiger partial charge in [0.25, 0.3) is 5.91 Å². The van der Waals surface area contributed by atoms with Gasteiger partial charge in [-0.15, -0.1) is 0 Å². The molecule has 1 aliphatic heterocycles. The summed E-state index contributed by atoms with van der Waals surface area (Å²) in [6.07, 6.45) is 0. The van der Waals surface area contributed by atoms with E-state index < -0.39 is 17.8 Å². The maximum Gasteiger partial charge on any atom is 0.332 e. The lowest BCUT2D eigenvalue weighted by molar-refractivity contribution is -0.128. The van der Waals surface area contributed by atoms with Gasteiger partial charge in [-0.1, -0.05) is 35.9 Å². The number of para-hydroxylation sites is 1. The Morgan fingerprint density at radius 3 is 2.54 bits per heavy atom. The van der Waals surface area contributed by atoms with Crippen molar-refractivity contribution in [3.05, 3.63) is 59.6 Å². The number of hydrogen-bond donors (Lipinski definition) is 1. The largest absolute Gasteiger partial charge is 0.332 e. The molecule has 6 nitrogen and oxygen atoms in total. The topological polar surface area (TPSA) is 69.7 Å². The van der Waals surface area contributed by atoms with Crippen LogP contribution >= 0.6 is 11.6 Å². The number of nitrogens with one attached hydrogen (secondary N) is 1. The molecule has 1 fully saturated rings. The first-order valence-corrected chi connectivity index (χ1v) is 7.65. The highest BCUT2D eigenvalue weighted by Gasteiger charge is 2.37. The Kier molecular flexibility index (Phi) is 4.48. The standard InChI is InChI=1S/C17H14ClN3O3/c18-12-5-4-6-13(9-12)19-15(22)10-21-16(23)11-20(17(21)24)14-7-2-1-3-8-14/h1-9H,10-11H2,(H,19,22). The van der Waals surface area contributed by atoms with Crippen LogP contribution in [0.5, 0.6) is 0 Å². The smallest absolute Gasteiger partial charge is 0.324 e. The molecule has 0 aromatic heterocycles. The summed E-state index contributed by atoms with van der Waals surface area (Å²) < 4.78 is 0. The Balaban J connectivity index is 1.67. The number of carbonyl (C=O) groups excluding carboxylic acids is 3. The van der Waals surface area contributed by atoms with E-state index in [2.05, 4.69) is 5.32 Å². The second-order valence-electron chi connectivity index (χ2n) is 5.24. The zero-order valence-corrected chi connectivity index (χ0v) is 13.4. The molecule has 0 unspecified atom stereocenters. The molecule has 3 rings (SSSR count). The lowest BCUT2D eigenvalue weighted by atomic mass is 10.3. The summed E-state index contributed by atoms with van der Waals surface area (Å²) in [6.45, 7) is -0.416. The van der Waals surface area contributed by atoms with Crippen LogP contribution in [-0.2, 0) is 9.59 Å². The Bertz CT molecular complexity index is 795. The van der Waals surface area contributed by atoms with Crippen LogP contribution in [0.15, 0.2) is 54.6 Å². The molecule has 1 N–H and O–H groups in total. The zero-order chi connectivity index (χ0) is 17.1. The normalized spacial score (nSPS) is 14.2. The fraction of sp³-hybridized carbons (Fsp3) is 0.118. The number of imide groups is 1. The highest BCUT2D eigenvalue weighted by atomic mass is 35.5. The van der Waals surface area contributed by atoms with Gasteiger partial charge in [-0.2, -0.15) is 0 Å². The summed E-state index contributed by atoms with van der Waals surface area (Å²) in [5, 5.41) is 3.10. The number of anilines is 2. The summed E-state index contributed by atoms with van der Waals surface area (Å²) in [5.74, 6) is -0.876. The molecule has 7 heteroatoms. The maximum absolute atomic E-state index is 12.4. The summed E-state index contributed by atoms with van der Waals surface area (Å²) in [7, 11) is 0. The number of halogens is 1. The second-order valence-corrected chi connectivity index (χ2v) is 5.68. The molecule has 2 aromatic carbocycles. The van der Waals surface area contributed by atoms with E-state index in [-0.39, 0.29) is 13.1 Å². The van der Waals surface area contributed by atoms with Crippen LogP contribution in [0, 0.1) is 0 Å². The SMILES string of the molecule is O=C(CN1C(=O)CN(c2ccccc2)C1=O)Nc1cccc(Cl)c1.